The summed E-state index contributed by atoms with van der Waals surface area (Å²) in [7, 11) is 3.27. The van der Waals surface area contributed by atoms with Crippen molar-refractivity contribution in [3.63, 3.8) is 0 Å². The molecule has 1 aliphatic heterocycles. The van der Waals surface area contributed by atoms with Crippen LogP contribution in [0.5, 0.6) is 0 Å². The highest BCUT2D eigenvalue weighted by Crippen LogP contribution is 2.29. The number of nitrogens with zero attached hydrogens (tertiary/aromatic N) is 2. The number of likely N-dealkylation sites (tertiary alicyclic amines) is 1. The molecule has 148 valence electrons. The smallest absolute Gasteiger partial charge is 0.409 e. The lowest BCUT2D eigenvalue weighted by Crippen LogP contribution is -2.53. The van der Waals surface area contributed by atoms with Crippen molar-refractivity contribution in [3.8, 4) is 0 Å². The minimum absolute atomic E-state index is 0.0165. The summed E-state index contributed by atoms with van der Waals surface area (Å²) in [6.07, 6.45) is 3.87. The predicted octanol–water partition coefficient (Wildman–Crippen LogP) is 0.912. The normalized spacial score (nSPS) is 29.8. The minimum atomic E-state index is -0.884. The number of nitrogens with two attached hydrogens (primary N) is 1. The van der Waals surface area contributed by atoms with Gasteiger partial charge in [-0.25, -0.2) is 9.59 Å². The largest absolute Gasteiger partial charge is 0.478 e. The van der Waals surface area contributed by atoms with Gasteiger partial charge in [0, 0.05) is 38.3 Å². The number of carbonyl (C=O) groups excluding carboxylic acids is 1. The molecule has 0 unspecified atom stereocenters. The molecule has 1 saturated heterocycles. The first-order valence-corrected chi connectivity index (χ1v) is 9.19. The van der Waals surface area contributed by atoms with Gasteiger partial charge in [-0.05, 0) is 31.7 Å². The molecule has 0 spiro atoms. The number of amides is 1. The van der Waals surface area contributed by atoms with Crippen LogP contribution in [0.4, 0.5) is 4.79 Å². The van der Waals surface area contributed by atoms with Crippen molar-refractivity contribution in [2.75, 3.05) is 40.4 Å². The van der Waals surface area contributed by atoms with Crippen molar-refractivity contribution in [1.29, 1.82) is 0 Å². The first-order valence-electron chi connectivity index (χ1n) is 9.19. The van der Waals surface area contributed by atoms with Crippen LogP contribution in [0.25, 0.3) is 0 Å². The summed E-state index contributed by atoms with van der Waals surface area (Å²) in [5.74, 6) is -0.692. The molecule has 26 heavy (non-hydrogen) atoms. The molecule has 0 aromatic carbocycles. The fraction of sp³-hybridized carbons (Fsp3) is 0.778. The minimum Gasteiger partial charge on any atom is -0.478 e. The van der Waals surface area contributed by atoms with Crippen molar-refractivity contribution < 1.29 is 24.2 Å². The van der Waals surface area contributed by atoms with Crippen molar-refractivity contribution in [3.05, 3.63) is 11.6 Å². The highest BCUT2D eigenvalue weighted by molar-refractivity contribution is 5.87. The molecule has 8 heteroatoms. The van der Waals surface area contributed by atoms with Gasteiger partial charge in [0.1, 0.15) is 6.61 Å². The molecule has 3 N–H and O–H groups in total. The molecule has 0 bridgehead atoms. The number of rotatable bonds is 6. The third-order valence-electron chi connectivity index (χ3n) is 5.18. The van der Waals surface area contributed by atoms with Gasteiger partial charge in [0.15, 0.2) is 0 Å². The van der Waals surface area contributed by atoms with Crippen molar-refractivity contribution in [2.45, 2.75) is 44.4 Å². The standard InChI is InChI=1S/C18H31N3O5/c1-12-15(19)9-13(17(22)23)10-16(12)21-6-4-5-14(11-21)25-7-8-26-18(24)20(2)3/h10,12,14-16H,4-9,11,19H2,1-3H3,(H,22,23)/t12-,14+,15+,16-/m1/s1. The third-order valence-corrected chi connectivity index (χ3v) is 5.18. The molecule has 0 saturated carbocycles. The average molecular weight is 369 g/mol. The summed E-state index contributed by atoms with van der Waals surface area (Å²) >= 11 is 0. The first kappa shape index (κ1) is 20.7. The topological polar surface area (TPSA) is 105 Å². The van der Waals surface area contributed by atoms with E-state index in [1.165, 1.54) is 4.90 Å². The van der Waals surface area contributed by atoms with Crippen LogP contribution in [0.15, 0.2) is 11.6 Å². The lowest BCUT2D eigenvalue weighted by atomic mass is 9.81. The average Bonchev–Trinajstić information content (AvgIpc) is 2.60. The number of carbonyl (C=O) groups is 2. The van der Waals surface area contributed by atoms with E-state index in [9.17, 15) is 14.7 Å². The van der Waals surface area contributed by atoms with E-state index in [1.54, 1.807) is 14.1 Å². The van der Waals surface area contributed by atoms with E-state index in [-0.39, 0.29) is 36.8 Å². The summed E-state index contributed by atoms with van der Waals surface area (Å²) in [5.41, 5.74) is 6.58. The number of hydrogen-bond donors (Lipinski definition) is 2. The fourth-order valence-electron chi connectivity index (χ4n) is 3.56. The lowest BCUT2D eigenvalue weighted by molar-refractivity contribution is -0.133. The van der Waals surface area contributed by atoms with E-state index >= 15 is 0 Å². The van der Waals surface area contributed by atoms with Gasteiger partial charge in [0.05, 0.1) is 12.7 Å². The lowest BCUT2D eigenvalue weighted by Gasteiger charge is -2.43. The molecule has 2 aliphatic rings. The number of carboxylic acid groups (broad SMARTS) is 1. The second-order valence-electron chi connectivity index (χ2n) is 7.35. The second-order valence-corrected chi connectivity index (χ2v) is 7.35. The number of hydrogen-bond acceptors (Lipinski definition) is 6. The van der Waals surface area contributed by atoms with Gasteiger partial charge in [0.2, 0.25) is 0 Å². The number of ether oxygens (including phenoxy) is 2. The molecule has 1 amide bonds. The van der Waals surface area contributed by atoms with Crippen LogP contribution in [0, 0.1) is 5.92 Å². The Labute approximate surface area is 154 Å². The Morgan fingerprint density at radius 1 is 1.38 bits per heavy atom. The van der Waals surface area contributed by atoms with Crippen LogP contribution in [-0.2, 0) is 14.3 Å². The quantitative estimate of drug-likeness (QED) is 0.671. The van der Waals surface area contributed by atoms with Crippen molar-refractivity contribution in [1.82, 2.24) is 9.80 Å². The summed E-state index contributed by atoms with van der Waals surface area (Å²) in [6.45, 7) is 4.29. The Balaban J connectivity index is 1.87. The molecule has 1 aliphatic carbocycles. The Bertz CT molecular complexity index is 537. The van der Waals surface area contributed by atoms with Crippen LogP contribution in [0.2, 0.25) is 0 Å². The Kier molecular flexibility index (Phi) is 7.43. The zero-order valence-corrected chi connectivity index (χ0v) is 15.9. The van der Waals surface area contributed by atoms with Crippen molar-refractivity contribution in [2.24, 2.45) is 11.7 Å². The van der Waals surface area contributed by atoms with Gasteiger partial charge < -0.3 is 25.2 Å². The van der Waals surface area contributed by atoms with Crippen LogP contribution in [-0.4, -0.2) is 85.6 Å². The molecule has 4 atom stereocenters. The highest BCUT2D eigenvalue weighted by Gasteiger charge is 2.35. The molecule has 0 aromatic rings. The summed E-state index contributed by atoms with van der Waals surface area (Å²) in [4.78, 5) is 26.4. The monoisotopic (exact) mass is 369 g/mol. The van der Waals surface area contributed by atoms with E-state index in [4.69, 9.17) is 15.2 Å². The second kappa shape index (κ2) is 9.34. The first-order chi connectivity index (χ1) is 12.3. The van der Waals surface area contributed by atoms with Crippen LogP contribution >= 0.6 is 0 Å². The molecule has 1 fully saturated rings. The maximum absolute atomic E-state index is 11.4. The highest BCUT2D eigenvalue weighted by atomic mass is 16.6. The van der Waals surface area contributed by atoms with E-state index in [0.29, 0.717) is 18.6 Å². The van der Waals surface area contributed by atoms with Crippen LogP contribution in [0.3, 0.4) is 0 Å². The molecule has 1 heterocycles. The van der Waals surface area contributed by atoms with Gasteiger partial charge >= 0.3 is 12.1 Å². The zero-order chi connectivity index (χ0) is 19.3. The van der Waals surface area contributed by atoms with Crippen LogP contribution in [0.1, 0.15) is 26.2 Å². The maximum Gasteiger partial charge on any atom is 0.409 e. The van der Waals surface area contributed by atoms with E-state index < -0.39 is 5.97 Å². The number of carboxylic acids is 1. The molecule has 8 nitrogen and oxygen atoms in total. The van der Waals surface area contributed by atoms with E-state index in [0.717, 1.165) is 25.9 Å². The maximum atomic E-state index is 11.4. The van der Waals surface area contributed by atoms with Gasteiger partial charge in [0.25, 0.3) is 0 Å². The van der Waals surface area contributed by atoms with E-state index in [2.05, 4.69) is 11.8 Å². The Hall–Kier alpha value is -1.64. The Morgan fingerprint density at radius 2 is 2.12 bits per heavy atom. The zero-order valence-electron chi connectivity index (χ0n) is 15.9. The number of piperidine rings is 1. The summed E-state index contributed by atoms with van der Waals surface area (Å²) in [5, 5.41) is 9.33. The summed E-state index contributed by atoms with van der Waals surface area (Å²) in [6, 6.07) is -0.134. The fourth-order valence-corrected chi connectivity index (χ4v) is 3.56. The van der Waals surface area contributed by atoms with Gasteiger partial charge in [-0.1, -0.05) is 13.0 Å². The molecular formula is C18H31N3O5. The SMILES string of the molecule is C[C@H]1[C@H](N2CCC[C@H](OCCOC(=O)N(C)C)C2)C=C(C(=O)O)C[C@@H]1N. The van der Waals surface area contributed by atoms with E-state index in [1.807, 2.05) is 6.08 Å². The van der Waals surface area contributed by atoms with Gasteiger partial charge in [-0.15, -0.1) is 0 Å². The molecule has 2 rings (SSSR count). The molecule has 0 radical (unpaired) electrons. The van der Waals surface area contributed by atoms with Crippen molar-refractivity contribution >= 4 is 12.1 Å². The molecule has 0 aromatic heterocycles. The Morgan fingerprint density at radius 3 is 2.77 bits per heavy atom. The van der Waals surface area contributed by atoms with Gasteiger partial charge in [-0.3, -0.25) is 4.90 Å². The number of aliphatic carboxylic acids is 1. The molecular weight excluding hydrogens is 338 g/mol. The predicted molar refractivity (Wildman–Crippen MR) is 96.8 cm³/mol. The van der Waals surface area contributed by atoms with Gasteiger partial charge in [-0.2, -0.15) is 0 Å². The summed E-state index contributed by atoms with van der Waals surface area (Å²) < 4.78 is 10.9. The van der Waals surface area contributed by atoms with Crippen LogP contribution < -0.4 is 5.73 Å². The third kappa shape index (κ3) is 5.43.